The Kier molecular flexibility index (Phi) is 3.83. The molecule has 2 rings (SSSR count). The van der Waals surface area contributed by atoms with Gasteiger partial charge in [0.05, 0.1) is 11.2 Å². The van der Waals surface area contributed by atoms with E-state index in [9.17, 15) is 0 Å². The summed E-state index contributed by atoms with van der Waals surface area (Å²) in [5.74, 6) is 0. The topological polar surface area (TPSA) is 18.5 Å². The van der Waals surface area contributed by atoms with E-state index < -0.39 is 0 Å². The van der Waals surface area contributed by atoms with Crippen molar-refractivity contribution in [3.8, 4) is 0 Å². The molecule has 0 bridgehead atoms. The number of rotatable bonds is 3. The first-order valence-electron chi connectivity index (χ1n) is 6.52. The molecular weight excluding hydrogens is 258 g/mol. The molecule has 1 saturated heterocycles. The van der Waals surface area contributed by atoms with Gasteiger partial charge in [0, 0.05) is 5.02 Å². The molecular formula is C15H20BClO2. The zero-order chi connectivity index (χ0) is 14.3. The van der Waals surface area contributed by atoms with Crippen LogP contribution in [0.1, 0.15) is 33.3 Å². The summed E-state index contributed by atoms with van der Waals surface area (Å²) < 4.78 is 12.2. The Hall–Kier alpha value is -0.765. The van der Waals surface area contributed by atoms with Crippen molar-refractivity contribution in [2.75, 3.05) is 0 Å². The second-order valence-corrected chi connectivity index (χ2v) is 6.36. The van der Waals surface area contributed by atoms with Gasteiger partial charge in [-0.2, -0.15) is 0 Å². The highest BCUT2D eigenvalue weighted by Crippen LogP contribution is 2.36. The maximum atomic E-state index is 6.10. The van der Waals surface area contributed by atoms with Crippen LogP contribution in [0.5, 0.6) is 0 Å². The van der Waals surface area contributed by atoms with E-state index in [4.69, 9.17) is 20.9 Å². The molecule has 0 aliphatic carbocycles. The smallest absolute Gasteiger partial charge is 0.399 e. The lowest BCUT2D eigenvalue weighted by molar-refractivity contribution is 0.00578. The van der Waals surface area contributed by atoms with Gasteiger partial charge < -0.3 is 9.31 Å². The van der Waals surface area contributed by atoms with Gasteiger partial charge in [0.2, 0.25) is 0 Å². The highest BCUT2D eigenvalue weighted by Gasteiger charge is 2.52. The van der Waals surface area contributed by atoms with E-state index in [1.165, 1.54) is 0 Å². The molecule has 0 unspecified atom stereocenters. The SMILES string of the molecule is C=CCc1ccc(Cl)cc1B1OC(C)(C)C(C)(C)O1. The first-order valence-corrected chi connectivity index (χ1v) is 6.89. The molecule has 0 spiro atoms. The standard InChI is InChI=1S/C15H20BClO2/c1-6-7-11-8-9-12(17)10-13(11)16-18-14(2,3)15(4,5)19-16/h6,8-10H,1,7H2,2-5H3. The predicted molar refractivity (Wildman–Crippen MR) is 81.1 cm³/mol. The minimum Gasteiger partial charge on any atom is -0.399 e. The van der Waals surface area contributed by atoms with Crippen LogP contribution in [0.3, 0.4) is 0 Å². The first-order chi connectivity index (χ1) is 8.77. The summed E-state index contributed by atoms with van der Waals surface area (Å²) in [4.78, 5) is 0. The van der Waals surface area contributed by atoms with Gasteiger partial charge in [-0.25, -0.2) is 0 Å². The van der Waals surface area contributed by atoms with E-state index in [1.807, 2.05) is 52.0 Å². The normalized spacial score (nSPS) is 20.6. The van der Waals surface area contributed by atoms with Gasteiger partial charge in [-0.05, 0) is 57.3 Å². The number of allylic oxidation sites excluding steroid dienone is 1. The monoisotopic (exact) mass is 278 g/mol. The highest BCUT2D eigenvalue weighted by molar-refractivity contribution is 6.63. The molecule has 1 heterocycles. The van der Waals surface area contributed by atoms with E-state index >= 15 is 0 Å². The van der Waals surface area contributed by atoms with E-state index in [0.717, 1.165) is 17.4 Å². The predicted octanol–water partition coefficient (Wildman–Crippen LogP) is 3.37. The van der Waals surface area contributed by atoms with Crippen molar-refractivity contribution in [2.24, 2.45) is 0 Å². The molecule has 0 atom stereocenters. The molecule has 1 fully saturated rings. The Morgan fingerprint density at radius 3 is 2.32 bits per heavy atom. The lowest BCUT2D eigenvalue weighted by Gasteiger charge is -2.32. The number of benzene rings is 1. The summed E-state index contributed by atoms with van der Waals surface area (Å²) >= 11 is 6.10. The van der Waals surface area contributed by atoms with Gasteiger partial charge in [0.1, 0.15) is 0 Å². The third kappa shape index (κ3) is 2.74. The first kappa shape index (κ1) is 14.6. The van der Waals surface area contributed by atoms with Crippen LogP contribution in [-0.2, 0) is 15.7 Å². The molecule has 0 saturated carbocycles. The Morgan fingerprint density at radius 1 is 1.21 bits per heavy atom. The molecule has 102 valence electrons. The third-order valence-corrected chi connectivity index (χ3v) is 4.21. The van der Waals surface area contributed by atoms with Gasteiger partial charge in [0.25, 0.3) is 0 Å². The van der Waals surface area contributed by atoms with Crippen LogP contribution < -0.4 is 5.46 Å². The average Bonchev–Trinajstić information content (AvgIpc) is 2.51. The fourth-order valence-electron chi connectivity index (χ4n) is 2.10. The molecule has 0 N–H and O–H groups in total. The van der Waals surface area contributed by atoms with Crippen LogP contribution >= 0.6 is 11.6 Å². The van der Waals surface area contributed by atoms with Crippen molar-refractivity contribution < 1.29 is 9.31 Å². The summed E-state index contributed by atoms with van der Waals surface area (Å²) in [6.45, 7) is 12.0. The summed E-state index contributed by atoms with van der Waals surface area (Å²) in [7, 11) is -0.376. The largest absolute Gasteiger partial charge is 0.495 e. The molecule has 4 heteroatoms. The number of hydrogen-bond acceptors (Lipinski definition) is 2. The quantitative estimate of drug-likeness (QED) is 0.623. The Morgan fingerprint density at radius 2 is 1.79 bits per heavy atom. The van der Waals surface area contributed by atoms with E-state index in [0.29, 0.717) is 5.02 Å². The summed E-state index contributed by atoms with van der Waals surface area (Å²) in [5, 5.41) is 0.692. The fourth-order valence-corrected chi connectivity index (χ4v) is 2.28. The molecule has 19 heavy (non-hydrogen) atoms. The number of hydrogen-bond donors (Lipinski definition) is 0. The van der Waals surface area contributed by atoms with E-state index in [-0.39, 0.29) is 18.3 Å². The van der Waals surface area contributed by atoms with Crippen molar-refractivity contribution in [3.05, 3.63) is 41.4 Å². The molecule has 1 aromatic rings. The van der Waals surface area contributed by atoms with Crippen LogP contribution in [0, 0.1) is 0 Å². The second-order valence-electron chi connectivity index (χ2n) is 5.92. The lowest BCUT2D eigenvalue weighted by Crippen LogP contribution is -2.41. The average molecular weight is 279 g/mol. The van der Waals surface area contributed by atoms with Crippen molar-refractivity contribution in [3.63, 3.8) is 0 Å². The summed E-state index contributed by atoms with van der Waals surface area (Å²) in [6.07, 6.45) is 2.65. The van der Waals surface area contributed by atoms with Crippen LogP contribution in [0.2, 0.25) is 5.02 Å². The van der Waals surface area contributed by atoms with E-state index in [2.05, 4.69) is 6.58 Å². The maximum absolute atomic E-state index is 6.10. The lowest BCUT2D eigenvalue weighted by atomic mass is 9.75. The third-order valence-electron chi connectivity index (χ3n) is 3.98. The van der Waals surface area contributed by atoms with Crippen molar-refractivity contribution in [1.82, 2.24) is 0 Å². The molecule has 1 aromatic carbocycles. The van der Waals surface area contributed by atoms with Gasteiger partial charge in [-0.3, -0.25) is 0 Å². The Bertz CT molecular complexity index is 481. The molecule has 1 aliphatic rings. The van der Waals surface area contributed by atoms with Crippen LogP contribution in [0.15, 0.2) is 30.9 Å². The van der Waals surface area contributed by atoms with Crippen LogP contribution in [0.4, 0.5) is 0 Å². The Labute approximate surface area is 120 Å². The zero-order valence-electron chi connectivity index (χ0n) is 12.0. The molecule has 1 aliphatic heterocycles. The Balaban J connectivity index is 2.38. The minimum absolute atomic E-state index is 0.342. The molecule has 2 nitrogen and oxygen atoms in total. The van der Waals surface area contributed by atoms with Gasteiger partial charge in [-0.1, -0.05) is 23.7 Å². The van der Waals surface area contributed by atoms with E-state index in [1.54, 1.807) is 0 Å². The zero-order valence-corrected chi connectivity index (χ0v) is 12.8. The fraction of sp³-hybridized carbons (Fsp3) is 0.467. The summed E-state index contributed by atoms with van der Waals surface area (Å²) in [6, 6.07) is 5.81. The van der Waals surface area contributed by atoms with Crippen LogP contribution in [-0.4, -0.2) is 18.3 Å². The van der Waals surface area contributed by atoms with Crippen molar-refractivity contribution in [2.45, 2.75) is 45.3 Å². The second kappa shape index (κ2) is 4.97. The van der Waals surface area contributed by atoms with Gasteiger partial charge in [-0.15, -0.1) is 6.58 Å². The highest BCUT2D eigenvalue weighted by atomic mass is 35.5. The molecule has 0 radical (unpaired) electrons. The van der Waals surface area contributed by atoms with Crippen molar-refractivity contribution in [1.29, 1.82) is 0 Å². The number of halogens is 1. The van der Waals surface area contributed by atoms with Crippen molar-refractivity contribution >= 4 is 24.2 Å². The van der Waals surface area contributed by atoms with Crippen LogP contribution in [0.25, 0.3) is 0 Å². The van der Waals surface area contributed by atoms with Gasteiger partial charge in [0.15, 0.2) is 0 Å². The molecule has 0 aromatic heterocycles. The minimum atomic E-state index is -0.376. The maximum Gasteiger partial charge on any atom is 0.495 e. The molecule has 0 amide bonds. The summed E-state index contributed by atoms with van der Waals surface area (Å²) in [5.41, 5.74) is 1.44. The van der Waals surface area contributed by atoms with Gasteiger partial charge >= 0.3 is 7.12 Å².